The SMILES string of the molecule is N=C(N)n1ccnc(Nc2cccc(Br)c2)c1=N. The van der Waals surface area contributed by atoms with Crippen molar-refractivity contribution in [3.63, 3.8) is 0 Å². The van der Waals surface area contributed by atoms with Crippen molar-refractivity contribution in [2.45, 2.75) is 0 Å². The van der Waals surface area contributed by atoms with Crippen LogP contribution in [0, 0.1) is 10.8 Å². The van der Waals surface area contributed by atoms with Crippen molar-refractivity contribution in [2.75, 3.05) is 5.32 Å². The van der Waals surface area contributed by atoms with Crippen LogP contribution in [-0.4, -0.2) is 15.5 Å². The summed E-state index contributed by atoms with van der Waals surface area (Å²) >= 11 is 3.37. The quantitative estimate of drug-likeness (QED) is 0.500. The third-order valence-corrected chi connectivity index (χ3v) is 2.72. The van der Waals surface area contributed by atoms with Crippen LogP contribution >= 0.6 is 15.9 Å². The average Bonchev–Trinajstić information content (AvgIpc) is 2.31. The second kappa shape index (κ2) is 5.01. The molecular formula is C11H11BrN6. The number of halogens is 1. The lowest BCUT2D eigenvalue weighted by Gasteiger charge is -2.09. The molecule has 0 amide bonds. The lowest BCUT2D eigenvalue weighted by Crippen LogP contribution is -2.33. The third-order valence-electron chi connectivity index (χ3n) is 2.23. The van der Waals surface area contributed by atoms with Crippen LogP contribution in [0.2, 0.25) is 0 Å². The molecule has 0 spiro atoms. The van der Waals surface area contributed by atoms with Gasteiger partial charge in [-0.1, -0.05) is 22.0 Å². The Morgan fingerprint density at radius 2 is 2.22 bits per heavy atom. The summed E-state index contributed by atoms with van der Waals surface area (Å²) in [4.78, 5) is 4.06. The first-order chi connectivity index (χ1) is 8.58. The summed E-state index contributed by atoms with van der Waals surface area (Å²) in [6.07, 6.45) is 2.95. The first-order valence-electron chi connectivity index (χ1n) is 5.07. The van der Waals surface area contributed by atoms with Gasteiger partial charge in [-0.3, -0.25) is 15.4 Å². The summed E-state index contributed by atoms with van der Waals surface area (Å²) in [5, 5.41) is 18.2. The molecule has 0 atom stereocenters. The second-order valence-corrected chi connectivity index (χ2v) is 4.43. The van der Waals surface area contributed by atoms with E-state index in [9.17, 15) is 0 Å². The number of aromatic nitrogens is 2. The summed E-state index contributed by atoms with van der Waals surface area (Å²) < 4.78 is 2.15. The van der Waals surface area contributed by atoms with Gasteiger partial charge in [0.25, 0.3) is 0 Å². The number of benzene rings is 1. The Kier molecular flexibility index (Phi) is 3.42. The minimum Gasteiger partial charge on any atom is -0.369 e. The highest BCUT2D eigenvalue weighted by atomic mass is 79.9. The third kappa shape index (κ3) is 2.57. The van der Waals surface area contributed by atoms with Crippen LogP contribution in [-0.2, 0) is 0 Å². The Balaban J connectivity index is 2.38. The molecule has 6 nitrogen and oxygen atoms in total. The van der Waals surface area contributed by atoms with E-state index in [2.05, 4.69) is 26.2 Å². The molecular weight excluding hydrogens is 296 g/mol. The number of rotatable bonds is 2. The Hall–Kier alpha value is -2.15. The molecule has 92 valence electrons. The van der Waals surface area contributed by atoms with E-state index in [0.717, 1.165) is 10.2 Å². The van der Waals surface area contributed by atoms with Crippen molar-refractivity contribution >= 4 is 33.4 Å². The van der Waals surface area contributed by atoms with Gasteiger partial charge in [-0.05, 0) is 18.2 Å². The monoisotopic (exact) mass is 306 g/mol. The van der Waals surface area contributed by atoms with Crippen molar-refractivity contribution in [3.05, 3.63) is 46.6 Å². The van der Waals surface area contributed by atoms with Crippen LogP contribution in [0.25, 0.3) is 0 Å². The Labute approximate surface area is 112 Å². The summed E-state index contributed by atoms with van der Waals surface area (Å²) in [6.45, 7) is 0. The minimum absolute atomic E-state index is 0.0324. The highest BCUT2D eigenvalue weighted by molar-refractivity contribution is 9.10. The van der Waals surface area contributed by atoms with E-state index in [4.69, 9.17) is 16.6 Å². The lowest BCUT2D eigenvalue weighted by molar-refractivity contribution is 0.926. The number of nitrogens with zero attached hydrogens (tertiary/aromatic N) is 2. The maximum atomic E-state index is 7.89. The van der Waals surface area contributed by atoms with Gasteiger partial charge in [-0.15, -0.1) is 0 Å². The predicted molar refractivity (Wildman–Crippen MR) is 72.8 cm³/mol. The number of hydrogen-bond donors (Lipinski definition) is 4. The molecule has 0 saturated carbocycles. The van der Waals surface area contributed by atoms with Crippen molar-refractivity contribution in [1.82, 2.24) is 9.55 Å². The Morgan fingerprint density at radius 3 is 2.89 bits per heavy atom. The maximum Gasteiger partial charge on any atom is 0.198 e. The fourth-order valence-corrected chi connectivity index (χ4v) is 1.82. The molecule has 18 heavy (non-hydrogen) atoms. The topological polar surface area (TPSA) is 104 Å². The van der Waals surface area contributed by atoms with Gasteiger partial charge < -0.3 is 11.1 Å². The van der Waals surface area contributed by atoms with Crippen LogP contribution < -0.4 is 16.5 Å². The van der Waals surface area contributed by atoms with Gasteiger partial charge in [0.05, 0.1) is 0 Å². The van der Waals surface area contributed by atoms with Gasteiger partial charge in [0.15, 0.2) is 17.3 Å². The number of nitrogens with two attached hydrogens (primary N) is 1. The Bertz CT molecular complexity index is 648. The van der Waals surface area contributed by atoms with Crippen LogP contribution in [0.4, 0.5) is 11.5 Å². The molecule has 0 fully saturated rings. The minimum atomic E-state index is -0.223. The van der Waals surface area contributed by atoms with Gasteiger partial charge >= 0.3 is 0 Å². The molecule has 0 radical (unpaired) electrons. The summed E-state index contributed by atoms with van der Waals surface area (Å²) in [6, 6.07) is 7.50. The fourth-order valence-electron chi connectivity index (χ4n) is 1.42. The fraction of sp³-hybridized carbons (Fsp3) is 0. The van der Waals surface area contributed by atoms with Crippen molar-refractivity contribution in [2.24, 2.45) is 5.73 Å². The number of hydrogen-bond acceptors (Lipinski definition) is 4. The van der Waals surface area contributed by atoms with E-state index in [1.54, 1.807) is 0 Å². The normalized spacial score (nSPS) is 10.1. The van der Waals surface area contributed by atoms with E-state index >= 15 is 0 Å². The standard InChI is InChI=1S/C11H11BrN6/c12-7-2-1-3-8(6-7)17-10-9(13)18(11(14)15)5-4-16-10/h1-6,13H,(H3,14,15)(H,16,17). The zero-order chi connectivity index (χ0) is 13.1. The highest BCUT2D eigenvalue weighted by Crippen LogP contribution is 2.17. The van der Waals surface area contributed by atoms with Gasteiger partial charge in [0, 0.05) is 22.6 Å². The molecule has 0 aliphatic heterocycles. The number of anilines is 2. The molecule has 1 aromatic heterocycles. The van der Waals surface area contributed by atoms with Gasteiger partial charge in [-0.2, -0.15) is 0 Å². The van der Waals surface area contributed by atoms with E-state index < -0.39 is 0 Å². The Morgan fingerprint density at radius 1 is 1.44 bits per heavy atom. The van der Waals surface area contributed by atoms with Crippen LogP contribution in [0.1, 0.15) is 0 Å². The zero-order valence-corrected chi connectivity index (χ0v) is 10.9. The van der Waals surface area contributed by atoms with Crippen molar-refractivity contribution in [1.29, 1.82) is 10.8 Å². The smallest absolute Gasteiger partial charge is 0.198 e. The lowest BCUT2D eigenvalue weighted by atomic mass is 10.3. The first kappa shape index (κ1) is 12.3. The van der Waals surface area contributed by atoms with E-state index in [1.807, 2.05) is 24.3 Å². The van der Waals surface area contributed by atoms with Gasteiger partial charge in [0.1, 0.15) is 0 Å². The zero-order valence-electron chi connectivity index (χ0n) is 9.31. The summed E-state index contributed by atoms with van der Waals surface area (Å²) in [5.41, 5.74) is 6.19. The molecule has 0 aliphatic carbocycles. The van der Waals surface area contributed by atoms with Crippen LogP contribution in [0.3, 0.4) is 0 Å². The van der Waals surface area contributed by atoms with Crippen molar-refractivity contribution < 1.29 is 0 Å². The maximum absolute atomic E-state index is 7.89. The molecule has 0 unspecified atom stereocenters. The molecule has 2 rings (SSSR count). The van der Waals surface area contributed by atoms with Crippen molar-refractivity contribution in [3.8, 4) is 0 Å². The predicted octanol–water partition coefficient (Wildman–Crippen LogP) is 1.61. The second-order valence-electron chi connectivity index (χ2n) is 3.52. The van der Waals surface area contributed by atoms with Gasteiger partial charge in [-0.25, -0.2) is 4.98 Å². The van der Waals surface area contributed by atoms with E-state index in [1.165, 1.54) is 17.0 Å². The summed E-state index contributed by atoms with van der Waals surface area (Å²) in [5.74, 6) is 0.116. The van der Waals surface area contributed by atoms with E-state index in [0.29, 0.717) is 5.82 Å². The molecule has 1 heterocycles. The molecule has 0 aliphatic rings. The van der Waals surface area contributed by atoms with Crippen LogP contribution in [0.5, 0.6) is 0 Å². The highest BCUT2D eigenvalue weighted by Gasteiger charge is 2.03. The van der Waals surface area contributed by atoms with Gasteiger partial charge in [0.2, 0.25) is 0 Å². The first-order valence-corrected chi connectivity index (χ1v) is 5.86. The molecule has 7 heteroatoms. The number of nitrogen functional groups attached to an aromatic ring is 1. The molecule has 0 bridgehead atoms. The number of nitrogens with one attached hydrogen (secondary N) is 3. The molecule has 2 aromatic rings. The molecule has 1 aromatic carbocycles. The largest absolute Gasteiger partial charge is 0.369 e. The van der Waals surface area contributed by atoms with E-state index in [-0.39, 0.29) is 11.4 Å². The average molecular weight is 307 g/mol. The van der Waals surface area contributed by atoms with Crippen LogP contribution in [0.15, 0.2) is 41.1 Å². The molecule has 0 saturated heterocycles. The summed E-state index contributed by atoms with van der Waals surface area (Å²) in [7, 11) is 0. The molecule has 5 N–H and O–H groups in total.